The standard InChI is InChI=1S/C15H22FN3O2/c16-14-11(4-1-7-13(14)15(17)18-21)10-19-8-2-5-12(19)6-3-9-20/h1,4,7,12,20-21H,2-3,5-6,8-10H2,(H2,17,18). The fraction of sp³-hybridized carbons (Fsp3) is 0.533. The average molecular weight is 295 g/mol. The van der Waals surface area contributed by atoms with E-state index in [1.165, 1.54) is 6.07 Å². The maximum absolute atomic E-state index is 14.4. The molecule has 6 heteroatoms. The lowest BCUT2D eigenvalue weighted by Crippen LogP contribution is -2.29. The van der Waals surface area contributed by atoms with Crippen LogP contribution < -0.4 is 5.73 Å². The van der Waals surface area contributed by atoms with Crippen molar-refractivity contribution in [3.8, 4) is 0 Å². The zero-order chi connectivity index (χ0) is 15.2. The fourth-order valence-corrected chi connectivity index (χ4v) is 2.93. The van der Waals surface area contributed by atoms with E-state index in [-0.39, 0.29) is 18.0 Å². The van der Waals surface area contributed by atoms with Crippen LogP contribution in [0.1, 0.15) is 36.8 Å². The third kappa shape index (κ3) is 3.71. The molecular formula is C15H22FN3O2. The monoisotopic (exact) mass is 295 g/mol. The van der Waals surface area contributed by atoms with E-state index in [1.807, 2.05) is 0 Å². The Kier molecular flexibility index (Phi) is 5.52. The highest BCUT2D eigenvalue weighted by Gasteiger charge is 2.25. The molecule has 1 aliphatic heterocycles. The molecule has 1 aromatic carbocycles. The molecule has 0 aromatic heterocycles. The Balaban J connectivity index is 2.12. The lowest BCUT2D eigenvalue weighted by molar-refractivity contribution is 0.208. The van der Waals surface area contributed by atoms with Gasteiger partial charge in [0.1, 0.15) is 5.82 Å². The first-order valence-corrected chi connectivity index (χ1v) is 7.27. The molecule has 1 unspecified atom stereocenters. The van der Waals surface area contributed by atoms with Gasteiger partial charge in [0.05, 0.1) is 5.56 Å². The molecule has 0 bridgehead atoms. The van der Waals surface area contributed by atoms with Crippen LogP contribution in [-0.4, -0.2) is 40.2 Å². The van der Waals surface area contributed by atoms with Crippen molar-refractivity contribution in [2.75, 3.05) is 13.2 Å². The molecule has 1 saturated heterocycles. The van der Waals surface area contributed by atoms with Crippen molar-refractivity contribution in [1.82, 2.24) is 4.90 Å². The van der Waals surface area contributed by atoms with Crippen molar-refractivity contribution < 1.29 is 14.7 Å². The molecule has 1 fully saturated rings. The van der Waals surface area contributed by atoms with Gasteiger partial charge in [-0.25, -0.2) is 4.39 Å². The number of aliphatic hydroxyl groups excluding tert-OH is 1. The molecule has 0 radical (unpaired) electrons. The highest BCUT2D eigenvalue weighted by molar-refractivity contribution is 5.97. The summed E-state index contributed by atoms with van der Waals surface area (Å²) < 4.78 is 14.4. The van der Waals surface area contributed by atoms with E-state index in [9.17, 15) is 4.39 Å². The Bertz CT molecular complexity index is 508. The number of aliphatic hydroxyl groups is 1. The third-order valence-corrected chi connectivity index (χ3v) is 4.03. The number of halogens is 1. The molecule has 5 nitrogen and oxygen atoms in total. The van der Waals surface area contributed by atoms with Crippen LogP contribution in [-0.2, 0) is 6.54 Å². The molecule has 2 rings (SSSR count). The molecule has 1 atom stereocenters. The van der Waals surface area contributed by atoms with Crippen LogP contribution in [0.3, 0.4) is 0 Å². The average Bonchev–Trinajstić information content (AvgIpc) is 2.93. The molecule has 1 aromatic rings. The number of benzene rings is 1. The maximum Gasteiger partial charge on any atom is 0.173 e. The molecular weight excluding hydrogens is 273 g/mol. The molecule has 0 spiro atoms. The van der Waals surface area contributed by atoms with Gasteiger partial charge in [-0.3, -0.25) is 4.90 Å². The summed E-state index contributed by atoms with van der Waals surface area (Å²) in [4.78, 5) is 2.24. The molecule has 21 heavy (non-hydrogen) atoms. The molecule has 1 aliphatic rings. The van der Waals surface area contributed by atoms with E-state index in [2.05, 4.69) is 10.1 Å². The molecule has 116 valence electrons. The Morgan fingerprint density at radius 3 is 3.00 bits per heavy atom. The van der Waals surface area contributed by atoms with Gasteiger partial charge in [0.2, 0.25) is 0 Å². The summed E-state index contributed by atoms with van der Waals surface area (Å²) in [5.41, 5.74) is 6.16. The van der Waals surface area contributed by atoms with Crippen LogP contribution in [0.15, 0.2) is 23.4 Å². The number of nitrogens with two attached hydrogens (primary N) is 1. The SMILES string of the molecule is N/C(=N/O)c1cccc(CN2CCCC2CCCO)c1F. The minimum Gasteiger partial charge on any atom is -0.409 e. The minimum absolute atomic E-state index is 0.126. The zero-order valence-corrected chi connectivity index (χ0v) is 12.0. The number of hydrogen-bond acceptors (Lipinski definition) is 4. The van der Waals surface area contributed by atoms with Crippen molar-refractivity contribution in [2.45, 2.75) is 38.3 Å². The second-order valence-electron chi connectivity index (χ2n) is 5.40. The second kappa shape index (κ2) is 7.38. The van der Waals surface area contributed by atoms with Gasteiger partial charge >= 0.3 is 0 Å². The van der Waals surface area contributed by atoms with E-state index in [0.717, 1.165) is 32.2 Å². The molecule has 0 aliphatic carbocycles. The predicted octanol–water partition coefficient (Wildman–Crippen LogP) is 1.66. The van der Waals surface area contributed by atoms with Crippen molar-refractivity contribution in [2.24, 2.45) is 10.9 Å². The number of amidine groups is 1. The van der Waals surface area contributed by atoms with Gasteiger partial charge in [-0.15, -0.1) is 0 Å². The van der Waals surface area contributed by atoms with Crippen molar-refractivity contribution in [3.05, 3.63) is 35.1 Å². The summed E-state index contributed by atoms with van der Waals surface area (Å²) in [5, 5.41) is 20.5. The Morgan fingerprint density at radius 1 is 1.48 bits per heavy atom. The summed E-state index contributed by atoms with van der Waals surface area (Å²) in [6, 6.07) is 5.33. The van der Waals surface area contributed by atoms with Crippen LogP contribution in [0.25, 0.3) is 0 Å². The number of likely N-dealkylation sites (tertiary alicyclic amines) is 1. The summed E-state index contributed by atoms with van der Waals surface area (Å²) in [5.74, 6) is -0.645. The van der Waals surface area contributed by atoms with Gasteiger partial charge in [0.15, 0.2) is 5.84 Å². The Hall–Kier alpha value is -1.66. The van der Waals surface area contributed by atoms with Gasteiger partial charge in [0.25, 0.3) is 0 Å². The van der Waals surface area contributed by atoms with Gasteiger partial charge in [-0.1, -0.05) is 17.3 Å². The van der Waals surface area contributed by atoms with E-state index >= 15 is 0 Å². The largest absolute Gasteiger partial charge is 0.409 e. The van der Waals surface area contributed by atoms with Gasteiger partial charge < -0.3 is 16.0 Å². The Labute approximate surface area is 123 Å². The zero-order valence-electron chi connectivity index (χ0n) is 12.0. The van der Waals surface area contributed by atoms with E-state index < -0.39 is 5.82 Å². The number of nitrogens with zero attached hydrogens (tertiary/aromatic N) is 2. The minimum atomic E-state index is -0.430. The van der Waals surface area contributed by atoms with Gasteiger partial charge in [-0.2, -0.15) is 0 Å². The topological polar surface area (TPSA) is 82.1 Å². The summed E-state index contributed by atoms with van der Waals surface area (Å²) in [6.07, 6.45) is 3.88. The lowest BCUT2D eigenvalue weighted by atomic mass is 10.1. The normalized spacial score (nSPS) is 20.1. The first-order valence-electron chi connectivity index (χ1n) is 7.27. The Morgan fingerprint density at radius 2 is 2.29 bits per heavy atom. The molecule has 4 N–H and O–H groups in total. The molecule has 0 saturated carbocycles. The van der Waals surface area contributed by atoms with Gasteiger partial charge in [-0.05, 0) is 38.3 Å². The predicted molar refractivity (Wildman–Crippen MR) is 78.7 cm³/mol. The fourth-order valence-electron chi connectivity index (χ4n) is 2.93. The van der Waals surface area contributed by atoms with Crippen LogP contribution in [0.4, 0.5) is 4.39 Å². The third-order valence-electron chi connectivity index (χ3n) is 4.03. The van der Waals surface area contributed by atoms with E-state index in [0.29, 0.717) is 18.2 Å². The first-order chi connectivity index (χ1) is 10.2. The maximum atomic E-state index is 14.4. The molecule has 0 amide bonds. The van der Waals surface area contributed by atoms with Crippen LogP contribution in [0.5, 0.6) is 0 Å². The van der Waals surface area contributed by atoms with E-state index in [1.54, 1.807) is 12.1 Å². The highest BCUT2D eigenvalue weighted by atomic mass is 19.1. The van der Waals surface area contributed by atoms with Crippen LogP contribution in [0, 0.1) is 5.82 Å². The van der Waals surface area contributed by atoms with Crippen molar-refractivity contribution in [3.63, 3.8) is 0 Å². The lowest BCUT2D eigenvalue weighted by Gasteiger charge is -2.24. The summed E-state index contributed by atoms with van der Waals surface area (Å²) >= 11 is 0. The summed E-state index contributed by atoms with van der Waals surface area (Å²) in [6.45, 7) is 1.63. The van der Waals surface area contributed by atoms with Gasteiger partial charge in [0, 0.05) is 24.8 Å². The van der Waals surface area contributed by atoms with Crippen LogP contribution >= 0.6 is 0 Å². The van der Waals surface area contributed by atoms with Crippen molar-refractivity contribution in [1.29, 1.82) is 0 Å². The highest BCUT2D eigenvalue weighted by Crippen LogP contribution is 2.25. The summed E-state index contributed by atoms with van der Waals surface area (Å²) in [7, 11) is 0. The first kappa shape index (κ1) is 15.7. The number of rotatable bonds is 6. The smallest absolute Gasteiger partial charge is 0.173 e. The van der Waals surface area contributed by atoms with Crippen molar-refractivity contribution >= 4 is 5.84 Å². The van der Waals surface area contributed by atoms with Crippen LogP contribution in [0.2, 0.25) is 0 Å². The number of oxime groups is 1. The number of hydrogen-bond donors (Lipinski definition) is 3. The quantitative estimate of drug-likeness (QED) is 0.323. The second-order valence-corrected chi connectivity index (χ2v) is 5.40. The molecule has 1 heterocycles. The van der Waals surface area contributed by atoms with E-state index in [4.69, 9.17) is 16.0 Å².